The number of carbonyl (C=O) groups excluding carboxylic acids is 1. The highest BCUT2D eigenvalue weighted by Crippen LogP contribution is 2.32. The molecule has 24 heavy (non-hydrogen) atoms. The van der Waals surface area contributed by atoms with Crippen LogP contribution in [-0.4, -0.2) is 29.9 Å². The number of thioether (sulfide) groups is 1. The molecule has 0 N–H and O–H groups in total. The van der Waals surface area contributed by atoms with E-state index in [0.29, 0.717) is 5.56 Å². The quantitative estimate of drug-likeness (QED) is 0.578. The standard InChI is InChI=1S/C19H17BrN2OS/c1-22(2)19(23)16-8-5-11-21-18(16)24-12-14-10-9-13-6-3-4-7-15(13)17(14)20/h3-11H,12H2,1-2H3. The largest absolute Gasteiger partial charge is 0.345 e. The number of hydrogen-bond donors (Lipinski definition) is 0. The van der Waals surface area contributed by atoms with E-state index in [4.69, 9.17) is 0 Å². The molecule has 0 unspecified atom stereocenters. The fourth-order valence-corrected chi connectivity index (χ4v) is 4.24. The Morgan fingerprint density at radius 3 is 2.71 bits per heavy atom. The molecule has 0 atom stereocenters. The van der Waals surface area contributed by atoms with Crippen LogP contribution in [0.5, 0.6) is 0 Å². The molecule has 1 aromatic heterocycles. The predicted octanol–water partition coefficient (Wildman–Crippen LogP) is 4.99. The van der Waals surface area contributed by atoms with Gasteiger partial charge in [-0.3, -0.25) is 4.79 Å². The van der Waals surface area contributed by atoms with Gasteiger partial charge in [0.2, 0.25) is 0 Å². The maximum Gasteiger partial charge on any atom is 0.256 e. The molecule has 3 nitrogen and oxygen atoms in total. The van der Waals surface area contributed by atoms with Gasteiger partial charge in [-0.2, -0.15) is 0 Å². The maximum absolute atomic E-state index is 12.3. The first-order valence-electron chi connectivity index (χ1n) is 7.53. The second-order valence-corrected chi connectivity index (χ2v) is 7.36. The molecule has 0 aliphatic heterocycles. The third-order valence-corrected chi connectivity index (χ3v) is 5.71. The Morgan fingerprint density at radius 1 is 1.12 bits per heavy atom. The molecule has 0 bridgehead atoms. The van der Waals surface area contributed by atoms with Crippen molar-refractivity contribution in [3.8, 4) is 0 Å². The Hall–Kier alpha value is -1.85. The Balaban J connectivity index is 1.87. The number of pyridine rings is 1. The van der Waals surface area contributed by atoms with Gasteiger partial charge in [0.1, 0.15) is 5.03 Å². The lowest BCUT2D eigenvalue weighted by atomic mass is 10.1. The summed E-state index contributed by atoms with van der Waals surface area (Å²) < 4.78 is 1.10. The van der Waals surface area contributed by atoms with Gasteiger partial charge in [-0.05, 0) is 44.4 Å². The zero-order valence-electron chi connectivity index (χ0n) is 13.5. The van der Waals surface area contributed by atoms with E-state index >= 15 is 0 Å². The molecule has 1 amide bonds. The summed E-state index contributed by atoms with van der Waals surface area (Å²) in [6.07, 6.45) is 1.73. The summed E-state index contributed by atoms with van der Waals surface area (Å²) in [5, 5.41) is 3.16. The van der Waals surface area contributed by atoms with Gasteiger partial charge in [-0.1, -0.05) is 36.4 Å². The molecular formula is C19H17BrN2OS. The molecule has 0 fully saturated rings. The highest BCUT2D eigenvalue weighted by Gasteiger charge is 2.15. The minimum atomic E-state index is -0.0248. The summed E-state index contributed by atoms with van der Waals surface area (Å²) in [6, 6.07) is 16.2. The average Bonchev–Trinajstić information content (AvgIpc) is 2.61. The monoisotopic (exact) mass is 400 g/mol. The molecule has 0 aliphatic rings. The molecule has 2 aromatic carbocycles. The van der Waals surface area contributed by atoms with Gasteiger partial charge >= 0.3 is 0 Å². The maximum atomic E-state index is 12.3. The minimum absolute atomic E-state index is 0.0248. The van der Waals surface area contributed by atoms with E-state index in [9.17, 15) is 4.79 Å². The van der Waals surface area contributed by atoms with E-state index in [1.54, 1.807) is 43.0 Å². The molecule has 5 heteroatoms. The van der Waals surface area contributed by atoms with Gasteiger partial charge < -0.3 is 4.90 Å². The number of rotatable bonds is 4. The summed E-state index contributed by atoms with van der Waals surface area (Å²) in [5.74, 6) is 0.721. The number of amides is 1. The van der Waals surface area contributed by atoms with Gasteiger partial charge in [-0.25, -0.2) is 4.98 Å². The highest BCUT2D eigenvalue weighted by molar-refractivity contribution is 9.10. The third kappa shape index (κ3) is 3.47. The second kappa shape index (κ2) is 7.36. The van der Waals surface area contributed by atoms with Gasteiger partial charge in [0.15, 0.2) is 0 Å². The van der Waals surface area contributed by atoms with Gasteiger partial charge in [-0.15, -0.1) is 11.8 Å². The Kier molecular flexibility index (Phi) is 5.21. The van der Waals surface area contributed by atoms with Crippen molar-refractivity contribution in [3.05, 3.63) is 70.3 Å². The topological polar surface area (TPSA) is 33.2 Å². The van der Waals surface area contributed by atoms with Crippen LogP contribution in [0.2, 0.25) is 0 Å². The SMILES string of the molecule is CN(C)C(=O)c1cccnc1SCc1ccc2ccccc2c1Br. The van der Waals surface area contributed by atoms with Crippen molar-refractivity contribution in [2.75, 3.05) is 14.1 Å². The lowest BCUT2D eigenvalue weighted by Crippen LogP contribution is -2.22. The van der Waals surface area contributed by atoms with Gasteiger partial charge in [0.05, 0.1) is 5.56 Å². The molecule has 0 saturated heterocycles. The van der Waals surface area contributed by atoms with Crippen LogP contribution in [0.25, 0.3) is 10.8 Å². The third-order valence-electron chi connectivity index (χ3n) is 3.72. The number of halogens is 1. The van der Waals surface area contributed by atoms with Crippen LogP contribution in [0.1, 0.15) is 15.9 Å². The lowest BCUT2D eigenvalue weighted by molar-refractivity contribution is 0.0823. The molecule has 0 radical (unpaired) electrons. The summed E-state index contributed by atoms with van der Waals surface area (Å²) >= 11 is 5.30. The fraction of sp³-hybridized carbons (Fsp3) is 0.158. The van der Waals surface area contributed by atoms with Crippen molar-refractivity contribution < 1.29 is 4.79 Å². The number of benzene rings is 2. The van der Waals surface area contributed by atoms with E-state index < -0.39 is 0 Å². The van der Waals surface area contributed by atoms with E-state index in [1.807, 2.05) is 18.2 Å². The number of nitrogens with zero attached hydrogens (tertiary/aromatic N) is 2. The van der Waals surface area contributed by atoms with E-state index in [2.05, 4.69) is 45.2 Å². The zero-order valence-corrected chi connectivity index (χ0v) is 15.9. The second-order valence-electron chi connectivity index (χ2n) is 5.60. The smallest absolute Gasteiger partial charge is 0.256 e. The minimum Gasteiger partial charge on any atom is -0.345 e. The normalized spacial score (nSPS) is 10.8. The van der Waals surface area contributed by atoms with Crippen molar-refractivity contribution >= 4 is 44.4 Å². The van der Waals surface area contributed by atoms with E-state index in [1.165, 1.54) is 16.3 Å². The fourth-order valence-electron chi connectivity index (χ4n) is 2.45. The van der Waals surface area contributed by atoms with E-state index in [0.717, 1.165) is 15.3 Å². The number of fused-ring (bicyclic) bond motifs is 1. The first-order valence-corrected chi connectivity index (χ1v) is 9.31. The molecule has 3 rings (SSSR count). The molecule has 0 saturated carbocycles. The number of aromatic nitrogens is 1. The molecule has 0 aliphatic carbocycles. The van der Waals surface area contributed by atoms with E-state index in [-0.39, 0.29) is 5.91 Å². The van der Waals surface area contributed by atoms with Gasteiger partial charge in [0.25, 0.3) is 5.91 Å². The molecule has 122 valence electrons. The van der Waals surface area contributed by atoms with Crippen LogP contribution in [0.15, 0.2) is 64.2 Å². The van der Waals surface area contributed by atoms with Crippen LogP contribution >= 0.6 is 27.7 Å². The summed E-state index contributed by atoms with van der Waals surface area (Å²) in [6.45, 7) is 0. The first kappa shape index (κ1) is 17.0. The van der Waals surface area contributed by atoms with Crippen molar-refractivity contribution in [2.45, 2.75) is 10.8 Å². The summed E-state index contributed by atoms with van der Waals surface area (Å²) in [7, 11) is 3.51. The van der Waals surface area contributed by atoms with Crippen molar-refractivity contribution in [3.63, 3.8) is 0 Å². The van der Waals surface area contributed by atoms with Crippen LogP contribution in [0.4, 0.5) is 0 Å². The van der Waals surface area contributed by atoms with Crippen molar-refractivity contribution in [1.82, 2.24) is 9.88 Å². The van der Waals surface area contributed by atoms with Crippen LogP contribution in [0, 0.1) is 0 Å². The van der Waals surface area contributed by atoms with Crippen LogP contribution < -0.4 is 0 Å². The molecular weight excluding hydrogens is 384 g/mol. The Labute approximate surface area is 154 Å². The molecule has 3 aromatic rings. The Morgan fingerprint density at radius 2 is 1.92 bits per heavy atom. The number of hydrogen-bond acceptors (Lipinski definition) is 3. The molecule has 1 heterocycles. The summed E-state index contributed by atoms with van der Waals surface area (Å²) in [5.41, 5.74) is 1.83. The number of carbonyl (C=O) groups is 1. The molecule has 0 spiro atoms. The highest BCUT2D eigenvalue weighted by atomic mass is 79.9. The predicted molar refractivity (Wildman–Crippen MR) is 103 cm³/mol. The lowest BCUT2D eigenvalue weighted by Gasteiger charge is -2.13. The average molecular weight is 401 g/mol. The summed E-state index contributed by atoms with van der Waals surface area (Å²) in [4.78, 5) is 18.2. The van der Waals surface area contributed by atoms with Crippen LogP contribution in [-0.2, 0) is 5.75 Å². The Bertz CT molecular complexity index is 895. The van der Waals surface area contributed by atoms with Crippen molar-refractivity contribution in [2.24, 2.45) is 0 Å². The zero-order chi connectivity index (χ0) is 17.1. The van der Waals surface area contributed by atoms with Crippen LogP contribution in [0.3, 0.4) is 0 Å². The first-order chi connectivity index (χ1) is 11.6. The van der Waals surface area contributed by atoms with Crippen molar-refractivity contribution in [1.29, 1.82) is 0 Å². The van der Waals surface area contributed by atoms with Gasteiger partial charge in [0, 0.05) is 30.5 Å².